The van der Waals surface area contributed by atoms with Crippen LogP contribution in [0.2, 0.25) is 0 Å². The third-order valence-electron chi connectivity index (χ3n) is 3.93. The summed E-state index contributed by atoms with van der Waals surface area (Å²) in [6.45, 7) is 3.22. The summed E-state index contributed by atoms with van der Waals surface area (Å²) in [7, 11) is 1.69. The van der Waals surface area contributed by atoms with E-state index in [1.165, 1.54) is 18.4 Å². The first-order valence-electron chi connectivity index (χ1n) is 7.46. The van der Waals surface area contributed by atoms with E-state index in [1.807, 2.05) is 12.1 Å². The van der Waals surface area contributed by atoms with Crippen molar-refractivity contribution >= 4 is 0 Å². The molecule has 1 unspecified atom stereocenters. The van der Waals surface area contributed by atoms with Crippen molar-refractivity contribution in [1.29, 1.82) is 0 Å². The molecule has 1 saturated heterocycles. The molecule has 4 nitrogen and oxygen atoms in total. The van der Waals surface area contributed by atoms with Crippen LogP contribution in [0.1, 0.15) is 24.8 Å². The molecule has 1 saturated carbocycles. The summed E-state index contributed by atoms with van der Waals surface area (Å²) in [5.74, 6) is 2.21. The highest BCUT2D eigenvalue weighted by atomic mass is 16.5. The fraction of sp³-hybridized carbons (Fsp3) is 0.625. The zero-order valence-electron chi connectivity index (χ0n) is 12.1. The highest BCUT2D eigenvalue weighted by molar-refractivity contribution is 5.46. The fourth-order valence-corrected chi connectivity index (χ4v) is 2.48. The maximum absolute atomic E-state index is 6.05. The van der Waals surface area contributed by atoms with Crippen LogP contribution in [-0.2, 0) is 11.3 Å². The van der Waals surface area contributed by atoms with Gasteiger partial charge in [0, 0.05) is 30.7 Å². The minimum Gasteiger partial charge on any atom is -0.493 e. The Balaban J connectivity index is 1.66. The number of rotatable bonds is 7. The van der Waals surface area contributed by atoms with Crippen LogP contribution in [0.5, 0.6) is 11.5 Å². The zero-order valence-corrected chi connectivity index (χ0v) is 12.1. The van der Waals surface area contributed by atoms with Crippen LogP contribution < -0.4 is 14.8 Å². The lowest BCUT2D eigenvalue weighted by molar-refractivity contribution is 0.165. The van der Waals surface area contributed by atoms with E-state index in [9.17, 15) is 0 Å². The number of methoxy groups -OCH3 is 1. The first-order valence-corrected chi connectivity index (χ1v) is 7.46. The van der Waals surface area contributed by atoms with Gasteiger partial charge in [-0.2, -0.15) is 0 Å². The molecule has 4 heteroatoms. The Morgan fingerprint density at radius 1 is 1.30 bits per heavy atom. The molecule has 2 fully saturated rings. The minimum absolute atomic E-state index is 0.504. The van der Waals surface area contributed by atoms with E-state index in [0.717, 1.165) is 37.7 Å². The van der Waals surface area contributed by atoms with Gasteiger partial charge in [-0.25, -0.2) is 0 Å². The van der Waals surface area contributed by atoms with Crippen molar-refractivity contribution in [3.63, 3.8) is 0 Å². The number of nitrogens with one attached hydrogen (secondary N) is 1. The molecule has 1 aliphatic carbocycles. The molecule has 110 valence electrons. The van der Waals surface area contributed by atoms with Gasteiger partial charge in [0.15, 0.2) is 11.5 Å². The second kappa shape index (κ2) is 6.46. The molecule has 1 aromatic rings. The second-order valence-corrected chi connectivity index (χ2v) is 5.64. The van der Waals surface area contributed by atoms with Gasteiger partial charge in [0.05, 0.1) is 20.3 Å². The van der Waals surface area contributed by atoms with Crippen LogP contribution in [0.25, 0.3) is 0 Å². The van der Waals surface area contributed by atoms with Crippen LogP contribution in [0.3, 0.4) is 0 Å². The van der Waals surface area contributed by atoms with Gasteiger partial charge < -0.3 is 19.5 Å². The Hall–Kier alpha value is -1.26. The van der Waals surface area contributed by atoms with E-state index in [4.69, 9.17) is 14.2 Å². The molecule has 2 aliphatic rings. The molecular formula is C16H23NO3. The van der Waals surface area contributed by atoms with Crippen molar-refractivity contribution in [3.8, 4) is 11.5 Å². The standard InChI is InChI=1S/C16H23NO3/c1-18-15-4-2-3-13(9-17-14-5-6-14)16(15)20-11-12-7-8-19-10-12/h2-4,12,14,17H,5-11H2,1H3. The molecular weight excluding hydrogens is 254 g/mol. The summed E-state index contributed by atoms with van der Waals surface area (Å²) in [5.41, 5.74) is 1.18. The topological polar surface area (TPSA) is 39.7 Å². The molecule has 1 aliphatic heterocycles. The Labute approximate surface area is 120 Å². The lowest BCUT2D eigenvalue weighted by Gasteiger charge is -2.17. The molecule has 0 spiro atoms. The van der Waals surface area contributed by atoms with E-state index in [2.05, 4.69) is 11.4 Å². The van der Waals surface area contributed by atoms with E-state index >= 15 is 0 Å². The SMILES string of the molecule is COc1cccc(CNC2CC2)c1OCC1CCOC1. The summed E-state index contributed by atoms with van der Waals surface area (Å²) in [5, 5.41) is 3.53. The maximum Gasteiger partial charge on any atom is 0.165 e. The first kappa shape index (κ1) is 13.7. The van der Waals surface area contributed by atoms with E-state index in [-0.39, 0.29) is 0 Å². The zero-order chi connectivity index (χ0) is 13.8. The Morgan fingerprint density at radius 3 is 2.90 bits per heavy atom. The Bertz CT molecular complexity index is 439. The summed E-state index contributed by atoms with van der Waals surface area (Å²) >= 11 is 0. The van der Waals surface area contributed by atoms with Gasteiger partial charge in [0.1, 0.15) is 0 Å². The van der Waals surface area contributed by atoms with Crippen LogP contribution in [-0.4, -0.2) is 33.0 Å². The van der Waals surface area contributed by atoms with Crippen molar-refractivity contribution in [2.75, 3.05) is 26.9 Å². The first-order chi connectivity index (χ1) is 9.86. The highest BCUT2D eigenvalue weighted by Gasteiger charge is 2.22. The van der Waals surface area contributed by atoms with Gasteiger partial charge >= 0.3 is 0 Å². The van der Waals surface area contributed by atoms with Gasteiger partial charge in [-0.15, -0.1) is 0 Å². The van der Waals surface area contributed by atoms with Gasteiger partial charge in [-0.05, 0) is 25.3 Å². The van der Waals surface area contributed by atoms with Gasteiger partial charge in [0.2, 0.25) is 0 Å². The summed E-state index contributed by atoms with van der Waals surface area (Å²) in [6.07, 6.45) is 3.67. The van der Waals surface area contributed by atoms with Crippen LogP contribution in [0.4, 0.5) is 0 Å². The molecule has 1 heterocycles. The predicted molar refractivity (Wildman–Crippen MR) is 77.3 cm³/mol. The lowest BCUT2D eigenvalue weighted by atomic mass is 10.1. The smallest absolute Gasteiger partial charge is 0.165 e. The van der Waals surface area contributed by atoms with E-state index in [0.29, 0.717) is 18.6 Å². The number of benzene rings is 1. The molecule has 0 amide bonds. The van der Waals surface area contributed by atoms with E-state index in [1.54, 1.807) is 7.11 Å². The average Bonchev–Trinajstić information content (AvgIpc) is 3.17. The number of hydrogen-bond donors (Lipinski definition) is 1. The van der Waals surface area contributed by atoms with Crippen molar-refractivity contribution in [1.82, 2.24) is 5.32 Å². The summed E-state index contributed by atoms with van der Waals surface area (Å²) in [6, 6.07) is 6.78. The van der Waals surface area contributed by atoms with Gasteiger partial charge in [-0.1, -0.05) is 12.1 Å². The number of para-hydroxylation sites is 1. The third kappa shape index (κ3) is 3.44. The molecule has 0 bridgehead atoms. The maximum atomic E-state index is 6.05. The van der Waals surface area contributed by atoms with Crippen molar-refractivity contribution in [2.45, 2.75) is 31.8 Å². The predicted octanol–water partition coefficient (Wildman–Crippen LogP) is 2.36. The quantitative estimate of drug-likeness (QED) is 0.830. The monoisotopic (exact) mass is 277 g/mol. The molecule has 1 N–H and O–H groups in total. The molecule has 1 aromatic carbocycles. The second-order valence-electron chi connectivity index (χ2n) is 5.64. The van der Waals surface area contributed by atoms with E-state index < -0.39 is 0 Å². The molecule has 1 atom stereocenters. The van der Waals surface area contributed by atoms with Crippen LogP contribution >= 0.6 is 0 Å². The number of hydrogen-bond acceptors (Lipinski definition) is 4. The Kier molecular flexibility index (Phi) is 4.43. The molecule has 0 aromatic heterocycles. The van der Waals surface area contributed by atoms with Gasteiger partial charge in [0.25, 0.3) is 0 Å². The van der Waals surface area contributed by atoms with Crippen LogP contribution in [0.15, 0.2) is 18.2 Å². The minimum atomic E-state index is 0.504. The normalized spacial score (nSPS) is 21.9. The summed E-state index contributed by atoms with van der Waals surface area (Å²) < 4.78 is 16.9. The van der Waals surface area contributed by atoms with Crippen molar-refractivity contribution in [3.05, 3.63) is 23.8 Å². The fourth-order valence-electron chi connectivity index (χ4n) is 2.48. The molecule has 0 radical (unpaired) electrons. The molecule has 20 heavy (non-hydrogen) atoms. The molecule has 3 rings (SSSR count). The summed E-state index contributed by atoms with van der Waals surface area (Å²) in [4.78, 5) is 0. The van der Waals surface area contributed by atoms with Crippen molar-refractivity contribution in [2.24, 2.45) is 5.92 Å². The third-order valence-corrected chi connectivity index (χ3v) is 3.93. The lowest BCUT2D eigenvalue weighted by Crippen LogP contribution is -2.18. The number of ether oxygens (including phenoxy) is 3. The Morgan fingerprint density at radius 2 is 2.20 bits per heavy atom. The van der Waals surface area contributed by atoms with Gasteiger partial charge in [-0.3, -0.25) is 0 Å². The largest absolute Gasteiger partial charge is 0.493 e. The highest BCUT2D eigenvalue weighted by Crippen LogP contribution is 2.32. The van der Waals surface area contributed by atoms with Crippen molar-refractivity contribution < 1.29 is 14.2 Å². The van der Waals surface area contributed by atoms with Crippen LogP contribution in [0, 0.1) is 5.92 Å². The average molecular weight is 277 g/mol.